The molecule has 4 nitrogen and oxygen atoms in total. The van der Waals surface area contributed by atoms with E-state index in [4.69, 9.17) is 5.11 Å². The number of carboxylic acid groups (broad SMARTS) is 1. The maximum atomic E-state index is 13.0. The van der Waals surface area contributed by atoms with Crippen LogP contribution in [-0.4, -0.2) is 22.7 Å². The van der Waals surface area contributed by atoms with Gasteiger partial charge in [-0.3, -0.25) is 4.79 Å². The average molecular weight is 311 g/mol. The molecule has 104 valence electrons. The van der Waals surface area contributed by atoms with Crippen molar-refractivity contribution in [3.05, 3.63) is 47.1 Å². The Hall–Kier alpha value is -1.86. The largest absolute Gasteiger partial charge is 0.478 e. The zero-order valence-electron chi connectivity index (χ0n) is 10.1. The summed E-state index contributed by atoms with van der Waals surface area (Å²) < 4.78 is 14.0. The lowest BCUT2D eigenvalue weighted by atomic mass is 10.1. The van der Waals surface area contributed by atoms with E-state index < -0.39 is 11.8 Å². The van der Waals surface area contributed by atoms with E-state index in [0.29, 0.717) is 0 Å². The highest BCUT2D eigenvalue weighted by Crippen LogP contribution is 2.24. The lowest BCUT2D eigenvalue weighted by Gasteiger charge is -2.08. The Balaban J connectivity index is 2.02. The van der Waals surface area contributed by atoms with Gasteiger partial charge in [0.2, 0.25) is 5.91 Å². The van der Waals surface area contributed by atoms with Crippen LogP contribution in [0.15, 0.2) is 39.9 Å². The number of carbonyl (C=O) groups excluding carboxylic acids is 1. The predicted molar refractivity (Wildman–Crippen MR) is 77.0 cm³/mol. The van der Waals surface area contributed by atoms with Crippen molar-refractivity contribution in [3.63, 3.8) is 0 Å². The lowest BCUT2D eigenvalue weighted by molar-refractivity contribution is -0.113. The van der Waals surface area contributed by atoms with Crippen molar-refractivity contribution in [1.82, 2.24) is 0 Å². The molecule has 0 fully saturated rings. The van der Waals surface area contributed by atoms with E-state index in [2.05, 4.69) is 5.32 Å². The monoisotopic (exact) mass is 311 g/mol. The van der Waals surface area contributed by atoms with E-state index in [1.54, 1.807) is 0 Å². The molecule has 0 aliphatic heterocycles. The third-order valence-electron chi connectivity index (χ3n) is 2.33. The molecule has 7 heteroatoms. The number of nitrogens with one attached hydrogen (secondary N) is 1. The lowest BCUT2D eigenvalue weighted by Crippen LogP contribution is -2.16. The van der Waals surface area contributed by atoms with E-state index in [1.807, 2.05) is 17.5 Å². The zero-order valence-corrected chi connectivity index (χ0v) is 11.8. The van der Waals surface area contributed by atoms with Crippen molar-refractivity contribution in [3.8, 4) is 0 Å². The van der Waals surface area contributed by atoms with Crippen LogP contribution in [0.25, 0.3) is 0 Å². The van der Waals surface area contributed by atoms with Crippen LogP contribution in [0, 0.1) is 5.82 Å². The molecule has 0 aliphatic rings. The number of benzene rings is 1. The molecule has 2 rings (SSSR count). The first kappa shape index (κ1) is 14.5. The molecular weight excluding hydrogens is 301 g/mol. The number of hydrogen-bond donors (Lipinski definition) is 2. The number of halogens is 1. The molecule has 0 saturated carbocycles. The number of anilines is 1. The zero-order chi connectivity index (χ0) is 14.5. The van der Waals surface area contributed by atoms with Gasteiger partial charge in [0.1, 0.15) is 5.82 Å². The quantitative estimate of drug-likeness (QED) is 0.831. The summed E-state index contributed by atoms with van der Waals surface area (Å²) in [5.41, 5.74) is -0.171. The van der Waals surface area contributed by atoms with Crippen molar-refractivity contribution in [1.29, 1.82) is 0 Å². The van der Waals surface area contributed by atoms with Gasteiger partial charge in [-0.2, -0.15) is 0 Å². The number of hydrogen-bond acceptors (Lipinski definition) is 4. The van der Waals surface area contributed by atoms with Gasteiger partial charge in [0.05, 0.1) is 21.2 Å². The van der Waals surface area contributed by atoms with Crippen LogP contribution in [0.5, 0.6) is 0 Å². The van der Waals surface area contributed by atoms with Crippen LogP contribution in [0.2, 0.25) is 0 Å². The predicted octanol–water partition coefficient (Wildman–Crippen LogP) is 3.32. The number of carboxylic acids is 1. The SMILES string of the molecule is O=C(CSc1cccs1)Nc1ccc(F)cc1C(=O)O. The highest BCUT2D eigenvalue weighted by atomic mass is 32.2. The summed E-state index contributed by atoms with van der Waals surface area (Å²) in [6, 6.07) is 7.00. The molecule has 20 heavy (non-hydrogen) atoms. The molecule has 0 radical (unpaired) electrons. The molecule has 2 aromatic rings. The molecule has 2 N–H and O–H groups in total. The minimum Gasteiger partial charge on any atom is -0.478 e. The standard InChI is InChI=1S/C13H10FNO3S2/c14-8-3-4-10(9(6-8)13(17)18)15-11(16)7-20-12-2-1-5-19-12/h1-6H,7H2,(H,15,16)(H,17,18). The molecular formula is C13H10FNO3S2. The minimum atomic E-state index is -1.29. The summed E-state index contributed by atoms with van der Waals surface area (Å²) in [5.74, 6) is -2.12. The molecule has 0 aliphatic carbocycles. The fourth-order valence-electron chi connectivity index (χ4n) is 1.47. The number of thioether (sulfide) groups is 1. The Kier molecular flexibility index (Phi) is 4.75. The molecule has 0 spiro atoms. The van der Waals surface area contributed by atoms with Gasteiger partial charge in [0, 0.05) is 0 Å². The van der Waals surface area contributed by atoms with Gasteiger partial charge in [-0.15, -0.1) is 23.1 Å². The van der Waals surface area contributed by atoms with E-state index >= 15 is 0 Å². The van der Waals surface area contributed by atoms with Crippen molar-refractivity contribution in [2.24, 2.45) is 0 Å². The van der Waals surface area contributed by atoms with Crippen LogP contribution >= 0.6 is 23.1 Å². The maximum Gasteiger partial charge on any atom is 0.337 e. The van der Waals surface area contributed by atoms with Crippen molar-refractivity contribution in [2.45, 2.75) is 4.21 Å². The van der Waals surface area contributed by atoms with Gasteiger partial charge in [-0.1, -0.05) is 6.07 Å². The van der Waals surface area contributed by atoms with Gasteiger partial charge >= 0.3 is 5.97 Å². The molecule has 0 atom stereocenters. The topological polar surface area (TPSA) is 66.4 Å². The van der Waals surface area contributed by atoms with Crippen molar-refractivity contribution in [2.75, 3.05) is 11.1 Å². The highest BCUT2D eigenvalue weighted by Gasteiger charge is 2.13. The summed E-state index contributed by atoms with van der Waals surface area (Å²) in [6.07, 6.45) is 0. The second-order valence-electron chi connectivity index (χ2n) is 3.76. The fourth-order valence-corrected chi connectivity index (χ4v) is 3.06. The first-order chi connectivity index (χ1) is 9.56. The molecule has 1 aromatic carbocycles. The number of carbonyl (C=O) groups is 2. The average Bonchev–Trinajstić information content (AvgIpc) is 2.91. The number of thiophene rings is 1. The van der Waals surface area contributed by atoms with E-state index in [1.165, 1.54) is 29.2 Å². The smallest absolute Gasteiger partial charge is 0.337 e. The van der Waals surface area contributed by atoms with Crippen molar-refractivity contribution >= 4 is 40.7 Å². The normalized spacial score (nSPS) is 10.2. The van der Waals surface area contributed by atoms with Gasteiger partial charge < -0.3 is 10.4 Å². The number of aromatic carboxylic acids is 1. The van der Waals surface area contributed by atoms with Gasteiger partial charge in [-0.25, -0.2) is 9.18 Å². The Morgan fingerprint density at radius 2 is 2.15 bits per heavy atom. The minimum absolute atomic E-state index is 0.0932. The van der Waals surface area contributed by atoms with Crippen LogP contribution in [-0.2, 0) is 4.79 Å². The van der Waals surface area contributed by atoms with E-state index in [-0.39, 0.29) is 22.9 Å². The summed E-state index contributed by atoms with van der Waals surface area (Å²) in [7, 11) is 0. The second-order valence-corrected chi connectivity index (χ2v) is 5.99. The molecule has 0 saturated heterocycles. The summed E-state index contributed by atoms with van der Waals surface area (Å²) in [6.45, 7) is 0. The van der Waals surface area contributed by atoms with E-state index in [0.717, 1.165) is 16.3 Å². The summed E-state index contributed by atoms with van der Waals surface area (Å²) >= 11 is 2.88. The van der Waals surface area contributed by atoms with Gasteiger partial charge in [0.15, 0.2) is 0 Å². The molecule has 1 aromatic heterocycles. The van der Waals surface area contributed by atoms with Gasteiger partial charge in [-0.05, 0) is 29.6 Å². The first-order valence-electron chi connectivity index (χ1n) is 5.55. The van der Waals surface area contributed by atoms with Crippen LogP contribution < -0.4 is 5.32 Å². The van der Waals surface area contributed by atoms with Crippen LogP contribution in [0.3, 0.4) is 0 Å². The van der Waals surface area contributed by atoms with Crippen molar-refractivity contribution < 1.29 is 19.1 Å². The Morgan fingerprint density at radius 1 is 1.35 bits per heavy atom. The first-order valence-corrected chi connectivity index (χ1v) is 7.42. The van der Waals surface area contributed by atoms with E-state index in [9.17, 15) is 14.0 Å². The summed E-state index contributed by atoms with van der Waals surface area (Å²) in [5, 5.41) is 13.3. The Morgan fingerprint density at radius 3 is 2.80 bits per heavy atom. The van der Waals surface area contributed by atoms with Crippen LogP contribution in [0.4, 0.5) is 10.1 Å². The fraction of sp³-hybridized carbons (Fsp3) is 0.0769. The number of amides is 1. The van der Waals surface area contributed by atoms with Crippen LogP contribution in [0.1, 0.15) is 10.4 Å². The third-order valence-corrected chi connectivity index (χ3v) is 4.46. The Labute approximate surface area is 122 Å². The number of rotatable bonds is 5. The second kappa shape index (κ2) is 6.53. The van der Waals surface area contributed by atoms with Gasteiger partial charge in [0.25, 0.3) is 0 Å². The highest BCUT2D eigenvalue weighted by molar-refractivity contribution is 8.01. The Bertz CT molecular complexity index is 629. The molecule has 0 bridgehead atoms. The summed E-state index contributed by atoms with van der Waals surface area (Å²) in [4.78, 5) is 22.7. The maximum absolute atomic E-state index is 13.0. The molecule has 1 heterocycles. The molecule has 1 amide bonds. The third kappa shape index (κ3) is 3.82. The molecule has 0 unspecified atom stereocenters.